The van der Waals surface area contributed by atoms with Crippen LogP contribution in [0, 0.1) is 5.92 Å². The number of rotatable bonds is 6. The van der Waals surface area contributed by atoms with Gasteiger partial charge in [0.25, 0.3) is 0 Å². The summed E-state index contributed by atoms with van der Waals surface area (Å²) in [5.41, 5.74) is 0.634. The monoisotopic (exact) mass is 488 g/mol. The number of carbonyl (C=O) groups excluding carboxylic acids is 2. The van der Waals surface area contributed by atoms with Crippen LogP contribution in [0.15, 0.2) is 53.4 Å². The Morgan fingerprint density at radius 1 is 1.03 bits per heavy atom. The highest BCUT2D eigenvalue weighted by Gasteiger charge is 2.32. The van der Waals surface area contributed by atoms with Gasteiger partial charge in [-0.15, -0.1) is 11.3 Å². The molecule has 4 rings (SSSR count). The SMILES string of the molecule is COC(=O)c1cc2cc(NC(=O)C3CCN(S(=O)(=O)c4ccc(OC)cc4)CC3)ccc2s1. The molecule has 0 saturated carbocycles. The third kappa shape index (κ3) is 4.87. The van der Waals surface area contributed by atoms with Gasteiger partial charge in [0.1, 0.15) is 10.6 Å². The minimum atomic E-state index is -3.62. The first-order valence-corrected chi connectivity index (χ1v) is 12.6. The number of carbonyl (C=O) groups is 2. The molecular weight excluding hydrogens is 464 g/mol. The Balaban J connectivity index is 1.38. The molecule has 3 aromatic rings. The van der Waals surface area contributed by atoms with Gasteiger partial charge in [0.05, 0.1) is 19.1 Å². The van der Waals surface area contributed by atoms with Gasteiger partial charge in [-0.3, -0.25) is 4.79 Å². The van der Waals surface area contributed by atoms with Crippen molar-refractivity contribution in [1.29, 1.82) is 0 Å². The Morgan fingerprint density at radius 2 is 1.73 bits per heavy atom. The molecule has 174 valence electrons. The van der Waals surface area contributed by atoms with Gasteiger partial charge < -0.3 is 14.8 Å². The van der Waals surface area contributed by atoms with E-state index in [4.69, 9.17) is 9.47 Å². The summed E-state index contributed by atoms with van der Waals surface area (Å²) >= 11 is 1.33. The summed E-state index contributed by atoms with van der Waals surface area (Å²) in [6, 6.07) is 13.5. The van der Waals surface area contributed by atoms with E-state index in [1.807, 2.05) is 12.1 Å². The third-order valence-corrected chi connectivity index (χ3v) is 8.70. The number of thiophene rings is 1. The lowest BCUT2D eigenvalue weighted by molar-refractivity contribution is -0.120. The van der Waals surface area contributed by atoms with Gasteiger partial charge >= 0.3 is 5.97 Å². The number of benzene rings is 2. The lowest BCUT2D eigenvalue weighted by atomic mass is 9.97. The van der Waals surface area contributed by atoms with E-state index in [9.17, 15) is 18.0 Å². The number of fused-ring (bicyclic) bond motifs is 1. The molecular formula is C23H24N2O6S2. The molecule has 10 heteroatoms. The molecule has 2 heterocycles. The summed E-state index contributed by atoms with van der Waals surface area (Å²) in [4.78, 5) is 25.2. The van der Waals surface area contributed by atoms with E-state index in [1.165, 1.54) is 42.0 Å². The molecule has 0 unspecified atom stereocenters. The van der Waals surface area contributed by atoms with Crippen LogP contribution in [0.1, 0.15) is 22.5 Å². The molecule has 0 spiro atoms. The van der Waals surface area contributed by atoms with Crippen molar-refractivity contribution in [3.8, 4) is 5.75 Å². The van der Waals surface area contributed by atoms with Gasteiger partial charge in [0, 0.05) is 29.4 Å². The minimum absolute atomic E-state index is 0.140. The number of amides is 1. The van der Waals surface area contributed by atoms with Crippen LogP contribution in [-0.2, 0) is 19.6 Å². The summed E-state index contributed by atoms with van der Waals surface area (Å²) in [6.45, 7) is 0.553. The zero-order valence-electron chi connectivity index (χ0n) is 18.2. The molecule has 0 bridgehead atoms. The van der Waals surface area contributed by atoms with Crippen molar-refractivity contribution in [1.82, 2.24) is 4.31 Å². The van der Waals surface area contributed by atoms with Gasteiger partial charge in [-0.05, 0) is 66.8 Å². The molecule has 1 N–H and O–H groups in total. The number of esters is 1. The number of nitrogens with one attached hydrogen (secondary N) is 1. The highest BCUT2D eigenvalue weighted by molar-refractivity contribution is 7.89. The molecule has 0 aliphatic carbocycles. The maximum Gasteiger partial charge on any atom is 0.348 e. The van der Waals surface area contributed by atoms with Crippen molar-refractivity contribution in [2.75, 3.05) is 32.6 Å². The second kappa shape index (κ2) is 9.50. The fourth-order valence-corrected chi connectivity index (χ4v) is 6.25. The van der Waals surface area contributed by atoms with Gasteiger partial charge in [-0.1, -0.05) is 0 Å². The van der Waals surface area contributed by atoms with Crippen LogP contribution in [0.4, 0.5) is 5.69 Å². The van der Waals surface area contributed by atoms with Crippen molar-refractivity contribution < 1.29 is 27.5 Å². The quantitative estimate of drug-likeness (QED) is 0.531. The second-order valence-electron chi connectivity index (χ2n) is 7.70. The Kier molecular flexibility index (Phi) is 6.68. The highest BCUT2D eigenvalue weighted by Crippen LogP contribution is 2.30. The number of nitrogens with zero attached hydrogens (tertiary/aromatic N) is 1. The Bertz CT molecular complexity index is 1280. The van der Waals surface area contributed by atoms with E-state index < -0.39 is 16.0 Å². The number of piperidine rings is 1. The zero-order chi connectivity index (χ0) is 23.6. The summed E-state index contributed by atoms with van der Waals surface area (Å²) in [6.07, 6.45) is 0.878. The fourth-order valence-electron chi connectivity index (χ4n) is 3.82. The second-order valence-corrected chi connectivity index (χ2v) is 10.7. The van der Waals surface area contributed by atoms with Crippen LogP contribution in [0.2, 0.25) is 0 Å². The van der Waals surface area contributed by atoms with Crippen LogP contribution >= 0.6 is 11.3 Å². The predicted molar refractivity (Wildman–Crippen MR) is 126 cm³/mol. The van der Waals surface area contributed by atoms with Crippen LogP contribution in [0.5, 0.6) is 5.75 Å². The van der Waals surface area contributed by atoms with E-state index in [-0.39, 0.29) is 29.8 Å². The summed E-state index contributed by atoms with van der Waals surface area (Å²) in [5.74, 6) is -0.222. The normalized spacial score (nSPS) is 15.3. The summed E-state index contributed by atoms with van der Waals surface area (Å²) in [5, 5.41) is 3.77. The Hall–Kier alpha value is -2.95. The van der Waals surface area contributed by atoms with E-state index in [0.717, 1.165) is 10.1 Å². The van der Waals surface area contributed by atoms with Crippen LogP contribution in [0.25, 0.3) is 10.1 Å². The molecule has 0 radical (unpaired) electrons. The molecule has 1 fully saturated rings. The maximum atomic E-state index is 12.9. The smallest absolute Gasteiger partial charge is 0.348 e. The van der Waals surface area contributed by atoms with Crippen molar-refractivity contribution in [2.45, 2.75) is 17.7 Å². The Labute approximate surface area is 196 Å². The van der Waals surface area contributed by atoms with Gasteiger partial charge in [-0.2, -0.15) is 4.31 Å². The number of anilines is 1. The molecule has 1 saturated heterocycles. The first-order valence-electron chi connectivity index (χ1n) is 10.4. The van der Waals surface area contributed by atoms with Crippen LogP contribution in [0.3, 0.4) is 0 Å². The topological polar surface area (TPSA) is 102 Å². The summed E-state index contributed by atoms with van der Waals surface area (Å²) < 4.78 is 38.0. The number of hydrogen-bond acceptors (Lipinski definition) is 7. The molecule has 1 amide bonds. The molecule has 1 aliphatic heterocycles. The summed E-state index contributed by atoms with van der Waals surface area (Å²) in [7, 11) is -0.753. The zero-order valence-corrected chi connectivity index (χ0v) is 19.9. The van der Waals surface area contributed by atoms with Crippen molar-refractivity contribution in [2.24, 2.45) is 5.92 Å². The highest BCUT2D eigenvalue weighted by atomic mass is 32.2. The average Bonchev–Trinajstić information content (AvgIpc) is 3.27. The Morgan fingerprint density at radius 3 is 2.36 bits per heavy atom. The molecule has 33 heavy (non-hydrogen) atoms. The molecule has 0 atom stereocenters. The van der Waals surface area contributed by atoms with E-state index in [1.54, 1.807) is 24.3 Å². The van der Waals surface area contributed by atoms with Crippen LogP contribution < -0.4 is 10.1 Å². The molecule has 2 aromatic carbocycles. The molecule has 1 aliphatic rings. The standard InChI is InChI=1S/C23H24N2O6S2/c1-30-18-4-6-19(7-5-18)33(28,29)25-11-9-15(10-12-25)22(26)24-17-3-8-20-16(13-17)14-21(32-20)23(27)31-2/h3-8,13-15H,9-12H2,1-2H3,(H,24,26). The molecule has 1 aromatic heterocycles. The van der Waals surface area contributed by atoms with Crippen LogP contribution in [-0.4, -0.2) is 51.9 Å². The first kappa shape index (κ1) is 23.2. The largest absolute Gasteiger partial charge is 0.497 e. The molecule has 8 nitrogen and oxygen atoms in total. The van der Waals surface area contributed by atoms with E-state index in [0.29, 0.717) is 29.2 Å². The predicted octanol–water partition coefficient (Wildman–Crippen LogP) is 3.74. The van der Waals surface area contributed by atoms with Crippen molar-refractivity contribution >= 4 is 49.0 Å². The van der Waals surface area contributed by atoms with E-state index >= 15 is 0 Å². The number of methoxy groups -OCH3 is 2. The lowest BCUT2D eigenvalue weighted by Gasteiger charge is -2.30. The third-order valence-electron chi connectivity index (χ3n) is 5.69. The number of sulfonamides is 1. The maximum absolute atomic E-state index is 12.9. The van der Waals surface area contributed by atoms with E-state index in [2.05, 4.69) is 5.32 Å². The van der Waals surface area contributed by atoms with Gasteiger partial charge in [0.2, 0.25) is 15.9 Å². The van der Waals surface area contributed by atoms with Gasteiger partial charge in [0.15, 0.2) is 0 Å². The van der Waals surface area contributed by atoms with Crippen molar-refractivity contribution in [3.05, 3.63) is 53.4 Å². The lowest BCUT2D eigenvalue weighted by Crippen LogP contribution is -2.41. The first-order chi connectivity index (χ1) is 15.8. The number of hydrogen-bond donors (Lipinski definition) is 1. The van der Waals surface area contributed by atoms with Crippen molar-refractivity contribution in [3.63, 3.8) is 0 Å². The fraction of sp³-hybridized carbons (Fsp3) is 0.304. The number of ether oxygens (including phenoxy) is 2. The minimum Gasteiger partial charge on any atom is -0.497 e. The van der Waals surface area contributed by atoms with Gasteiger partial charge in [-0.25, -0.2) is 13.2 Å². The average molecular weight is 489 g/mol.